The Morgan fingerprint density at radius 1 is 1.17 bits per heavy atom. The second-order valence-electron chi connectivity index (χ2n) is 6.01. The van der Waals surface area contributed by atoms with Crippen LogP contribution >= 0.6 is 11.6 Å². The molecule has 0 aromatic heterocycles. The fourth-order valence-electron chi connectivity index (χ4n) is 3.09. The van der Waals surface area contributed by atoms with Gasteiger partial charge in [-0.3, -0.25) is 9.59 Å². The molecule has 1 aliphatic rings. The van der Waals surface area contributed by atoms with E-state index in [1.165, 1.54) is 0 Å². The van der Waals surface area contributed by atoms with Crippen molar-refractivity contribution in [2.24, 2.45) is 5.73 Å². The predicted octanol–water partition coefficient (Wildman–Crippen LogP) is 2.70. The number of primary amides is 1. The number of nitrogens with two attached hydrogens (primary N) is 1. The van der Waals surface area contributed by atoms with Crippen LogP contribution in [-0.2, 0) is 14.3 Å². The van der Waals surface area contributed by atoms with Crippen LogP contribution in [0.4, 0.5) is 0 Å². The van der Waals surface area contributed by atoms with Crippen molar-refractivity contribution in [3.8, 4) is 0 Å². The zero-order valence-electron chi connectivity index (χ0n) is 13.3. The number of carbonyl (C=O) groups excluding carboxylic acids is 2. The van der Waals surface area contributed by atoms with Crippen molar-refractivity contribution in [3.63, 3.8) is 0 Å². The molecule has 126 valence electrons. The topological polar surface area (TPSA) is 81.4 Å². The SMILES string of the molecule is C[C@H](NC(=O)[C@H]1CC[C@@H](C(N)=O)O1)c1ccc(Cl)c2ccccc12. The molecule has 6 heteroatoms. The summed E-state index contributed by atoms with van der Waals surface area (Å²) in [7, 11) is 0. The lowest BCUT2D eigenvalue weighted by molar-refractivity contribution is -0.137. The highest BCUT2D eigenvalue weighted by Crippen LogP contribution is 2.30. The molecule has 2 aromatic rings. The standard InChI is InChI=1S/C18H19ClN2O3/c1-10(21-18(23)16-9-8-15(24-16)17(20)22)11-6-7-14(19)13-5-3-2-4-12(11)13/h2-7,10,15-16H,8-9H2,1H3,(H2,20,22)(H,21,23)/t10-,15-,16+/m0/s1. The maximum absolute atomic E-state index is 12.4. The summed E-state index contributed by atoms with van der Waals surface area (Å²) in [5, 5.41) is 5.58. The van der Waals surface area contributed by atoms with Crippen molar-refractivity contribution in [3.05, 3.63) is 47.0 Å². The molecule has 1 fully saturated rings. The first kappa shape index (κ1) is 16.7. The van der Waals surface area contributed by atoms with E-state index in [0.717, 1.165) is 16.3 Å². The molecule has 0 bridgehead atoms. The molecule has 0 spiro atoms. The van der Waals surface area contributed by atoms with Crippen LogP contribution in [-0.4, -0.2) is 24.0 Å². The molecule has 2 aromatic carbocycles. The molecular formula is C18H19ClN2O3. The first-order chi connectivity index (χ1) is 11.5. The number of hydrogen-bond donors (Lipinski definition) is 2. The van der Waals surface area contributed by atoms with Crippen molar-refractivity contribution < 1.29 is 14.3 Å². The van der Waals surface area contributed by atoms with E-state index in [2.05, 4.69) is 5.32 Å². The van der Waals surface area contributed by atoms with Gasteiger partial charge in [0.15, 0.2) is 0 Å². The summed E-state index contributed by atoms with van der Waals surface area (Å²) in [6.07, 6.45) is -0.338. The highest BCUT2D eigenvalue weighted by Gasteiger charge is 2.34. The van der Waals surface area contributed by atoms with Gasteiger partial charge in [-0.2, -0.15) is 0 Å². The molecule has 1 heterocycles. The fraction of sp³-hybridized carbons (Fsp3) is 0.333. The fourth-order valence-corrected chi connectivity index (χ4v) is 3.31. The Labute approximate surface area is 145 Å². The molecule has 24 heavy (non-hydrogen) atoms. The lowest BCUT2D eigenvalue weighted by Gasteiger charge is -2.19. The third-order valence-corrected chi connectivity index (χ3v) is 4.69. The van der Waals surface area contributed by atoms with E-state index in [1.54, 1.807) is 0 Å². The van der Waals surface area contributed by atoms with Crippen LogP contribution in [0.25, 0.3) is 10.8 Å². The summed E-state index contributed by atoms with van der Waals surface area (Å²) < 4.78 is 5.42. The molecule has 0 unspecified atom stereocenters. The van der Waals surface area contributed by atoms with Crippen molar-refractivity contribution in [1.29, 1.82) is 0 Å². The summed E-state index contributed by atoms with van der Waals surface area (Å²) in [6.45, 7) is 1.91. The summed E-state index contributed by atoms with van der Waals surface area (Å²) >= 11 is 6.24. The Hall–Kier alpha value is -2.11. The molecule has 3 atom stereocenters. The maximum atomic E-state index is 12.4. The van der Waals surface area contributed by atoms with Crippen LogP contribution in [0.1, 0.15) is 31.4 Å². The van der Waals surface area contributed by atoms with Gasteiger partial charge in [-0.1, -0.05) is 41.9 Å². The molecule has 1 saturated heterocycles. The van der Waals surface area contributed by atoms with Gasteiger partial charge in [-0.25, -0.2) is 0 Å². The molecule has 2 amide bonds. The van der Waals surface area contributed by atoms with Gasteiger partial charge in [0, 0.05) is 10.4 Å². The van der Waals surface area contributed by atoms with Crippen LogP contribution in [0.2, 0.25) is 5.02 Å². The van der Waals surface area contributed by atoms with E-state index in [4.69, 9.17) is 22.1 Å². The summed E-state index contributed by atoms with van der Waals surface area (Å²) in [4.78, 5) is 23.5. The summed E-state index contributed by atoms with van der Waals surface area (Å²) in [6, 6.07) is 11.3. The number of amides is 2. The van der Waals surface area contributed by atoms with Gasteiger partial charge in [0.25, 0.3) is 0 Å². The minimum atomic E-state index is -0.674. The van der Waals surface area contributed by atoms with Crippen molar-refractivity contribution in [2.45, 2.75) is 38.0 Å². The zero-order chi connectivity index (χ0) is 17.3. The predicted molar refractivity (Wildman–Crippen MR) is 92.6 cm³/mol. The zero-order valence-corrected chi connectivity index (χ0v) is 14.0. The van der Waals surface area contributed by atoms with E-state index < -0.39 is 18.1 Å². The molecule has 3 N–H and O–H groups in total. The number of rotatable bonds is 4. The lowest BCUT2D eigenvalue weighted by Crippen LogP contribution is -2.38. The third kappa shape index (κ3) is 3.23. The minimum absolute atomic E-state index is 0.212. The van der Waals surface area contributed by atoms with Crippen LogP contribution in [0.3, 0.4) is 0 Å². The van der Waals surface area contributed by atoms with E-state index in [-0.39, 0.29) is 11.9 Å². The Morgan fingerprint density at radius 3 is 2.50 bits per heavy atom. The number of benzene rings is 2. The number of hydrogen-bond acceptors (Lipinski definition) is 3. The van der Waals surface area contributed by atoms with Crippen LogP contribution < -0.4 is 11.1 Å². The third-order valence-electron chi connectivity index (χ3n) is 4.36. The van der Waals surface area contributed by atoms with E-state index in [9.17, 15) is 9.59 Å². The van der Waals surface area contributed by atoms with Gasteiger partial charge in [-0.05, 0) is 36.8 Å². The van der Waals surface area contributed by atoms with E-state index in [1.807, 2.05) is 43.3 Å². The normalized spacial score (nSPS) is 21.6. The average Bonchev–Trinajstić information content (AvgIpc) is 3.06. The van der Waals surface area contributed by atoms with Gasteiger partial charge in [0.2, 0.25) is 11.8 Å². The maximum Gasteiger partial charge on any atom is 0.249 e. The molecule has 0 saturated carbocycles. The molecular weight excluding hydrogens is 328 g/mol. The number of ether oxygens (including phenoxy) is 1. The van der Waals surface area contributed by atoms with Gasteiger partial charge in [0.1, 0.15) is 12.2 Å². The molecule has 1 aliphatic heterocycles. The second kappa shape index (κ2) is 6.79. The Morgan fingerprint density at radius 2 is 1.83 bits per heavy atom. The molecule has 0 aliphatic carbocycles. The molecule has 3 rings (SSSR count). The van der Waals surface area contributed by atoms with Crippen LogP contribution in [0.5, 0.6) is 0 Å². The summed E-state index contributed by atoms with van der Waals surface area (Å²) in [5.41, 5.74) is 6.20. The van der Waals surface area contributed by atoms with Crippen molar-refractivity contribution >= 4 is 34.2 Å². The smallest absolute Gasteiger partial charge is 0.249 e. The number of nitrogens with one attached hydrogen (secondary N) is 1. The quantitative estimate of drug-likeness (QED) is 0.893. The second-order valence-corrected chi connectivity index (χ2v) is 6.41. The van der Waals surface area contributed by atoms with Gasteiger partial charge in [-0.15, -0.1) is 0 Å². The lowest BCUT2D eigenvalue weighted by atomic mass is 9.99. The Balaban J connectivity index is 1.76. The van der Waals surface area contributed by atoms with Crippen LogP contribution in [0.15, 0.2) is 36.4 Å². The van der Waals surface area contributed by atoms with Crippen molar-refractivity contribution in [1.82, 2.24) is 5.32 Å². The average molecular weight is 347 g/mol. The Bertz CT molecular complexity index is 793. The first-order valence-electron chi connectivity index (χ1n) is 7.89. The molecule has 5 nitrogen and oxygen atoms in total. The summed E-state index contributed by atoms with van der Waals surface area (Å²) in [5.74, 6) is -0.757. The van der Waals surface area contributed by atoms with E-state index >= 15 is 0 Å². The van der Waals surface area contributed by atoms with Gasteiger partial charge < -0.3 is 15.8 Å². The highest BCUT2D eigenvalue weighted by molar-refractivity contribution is 6.35. The first-order valence-corrected chi connectivity index (χ1v) is 8.27. The number of halogens is 1. The van der Waals surface area contributed by atoms with E-state index in [0.29, 0.717) is 17.9 Å². The number of fused-ring (bicyclic) bond motifs is 1. The number of carbonyl (C=O) groups is 2. The van der Waals surface area contributed by atoms with Crippen molar-refractivity contribution in [2.75, 3.05) is 0 Å². The van der Waals surface area contributed by atoms with Crippen LogP contribution in [0, 0.1) is 0 Å². The van der Waals surface area contributed by atoms with Gasteiger partial charge >= 0.3 is 0 Å². The van der Waals surface area contributed by atoms with Gasteiger partial charge in [0.05, 0.1) is 6.04 Å². The molecule has 0 radical (unpaired) electrons. The largest absolute Gasteiger partial charge is 0.367 e. The monoisotopic (exact) mass is 346 g/mol. The Kier molecular flexibility index (Phi) is 4.73. The minimum Gasteiger partial charge on any atom is -0.367 e. The highest BCUT2D eigenvalue weighted by atomic mass is 35.5.